The lowest BCUT2D eigenvalue weighted by atomic mass is 10.4. The molecule has 0 saturated carbocycles. The van der Waals surface area contributed by atoms with Gasteiger partial charge in [-0.3, -0.25) is 0 Å². The van der Waals surface area contributed by atoms with E-state index in [2.05, 4.69) is 4.52 Å². The molecule has 0 aromatic rings. The highest BCUT2D eigenvalue weighted by Gasteiger charge is 2.26. The molecule has 0 aromatic heterocycles. The predicted octanol–water partition coefficient (Wildman–Crippen LogP) is 0.125. The van der Waals surface area contributed by atoms with Gasteiger partial charge in [-0.15, -0.1) is 9.42 Å². The highest BCUT2D eigenvalue weighted by Crippen LogP contribution is 2.27. The summed E-state index contributed by atoms with van der Waals surface area (Å²) in [6.45, 7) is 0.234. The summed E-state index contributed by atoms with van der Waals surface area (Å²) in [5.41, 5.74) is 6.00. The molecule has 1 aliphatic rings. The molecular formula is C4H7NO3P+. The molecule has 4 nitrogen and oxygen atoms in total. The first-order chi connectivity index (χ1) is 4.20. The van der Waals surface area contributed by atoms with Crippen LogP contribution in [0.5, 0.6) is 0 Å². The van der Waals surface area contributed by atoms with Crippen molar-refractivity contribution >= 4 is 8.25 Å². The van der Waals surface area contributed by atoms with Crippen molar-refractivity contribution in [2.75, 3.05) is 6.61 Å². The first kappa shape index (κ1) is 6.68. The average molecular weight is 148 g/mol. The maximum atomic E-state index is 9.90. The summed E-state index contributed by atoms with van der Waals surface area (Å²) in [4.78, 5) is 8.14. The third-order valence-corrected chi connectivity index (χ3v) is 1.45. The van der Waals surface area contributed by atoms with E-state index in [0.717, 1.165) is 5.70 Å². The van der Waals surface area contributed by atoms with Crippen molar-refractivity contribution in [3.63, 3.8) is 0 Å². The molecule has 0 heterocycles. The van der Waals surface area contributed by atoms with Gasteiger partial charge >= 0.3 is 8.25 Å². The average Bonchev–Trinajstić information content (AvgIpc) is 2.42. The van der Waals surface area contributed by atoms with E-state index < -0.39 is 8.25 Å². The Bertz CT molecular complexity index is 167. The molecule has 1 rings (SSSR count). The van der Waals surface area contributed by atoms with Gasteiger partial charge < -0.3 is 5.73 Å². The number of nitrogens with two attached hydrogens (primary N) is 1. The SMILES string of the molecule is NC1=CC1CO[P+](=O)O. The van der Waals surface area contributed by atoms with Gasteiger partial charge in [-0.2, -0.15) is 0 Å². The van der Waals surface area contributed by atoms with Gasteiger partial charge in [-0.05, 0) is 0 Å². The Morgan fingerprint density at radius 1 is 2.00 bits per heavy atom. The van der Waals surface area contributed by atoms with Crippen molar-refractivity contribution in [2.45, 2.75) is 0 Å². The van der Waals surface area contributed by atoms with Crippen LogP contribution in [0.1, 0.15) is 0 Å². The predicted molar refractivity (Wildman–Crippen MR) is 31.5 cm³/mol. The van der Waals surface area contributed by atoms with E-state index in [1.807, 2.05) is 0 Å². The van der Waals surface area contributed by atoms with Gasteiger partial charge in [0.25, 0.3) is 0 Å². The first-order valence-electron chi connectivity index (χ1n) is 2.46. The van der Waals surface area contributed by atoms with E-state index in [1.54, 1.807) is 6.08 Å². The van der Waals surface area contributed by atoms with E-state index in [9.17, 15) is 4.57 Å². The molecule has 2 unspecified atom stereocenters. The summed E-state index contributed by atoms with van der Waals surface area (Å²) in [6, 6.07) is 0. The van der Waals surface area contributed by atoms with Crippen molar-refractivity contribution in [3.05, 3.63) is 11.8 Å². The van der Waals surface area contributed by atoms with Gasteiger partial charge in [0.05, 0.1) is 0 Å². The Morgan fingerprint density at radius 3 is 2.89 bits per heavy atom. The first-order valence-corrected chi connectivity index (χ1v) is 3.59. The summed E-state index contributed by atoms with van der Waals surface area (Å²) in [5.74, 6) is 0.107. The Balaban J connectivity index is 2.02. The lowest BCUT2D eigenvalue weighted by Gasteiger charge is -1.85. The summed E-state index contributed by atoms with van der Waals surface area (Å²) < 4.78 is 14.3. The minimum Gasteiger partial charge on any atom is -0.402 e. The molecule has 0 radical (unpaired) electrons. The molecule has 0 saturated heterocycles. The molecule has 2 atom stereocenters. The van der Waals surface area contributed by atoms with Crippen LogP contribution in [0.3, 0.4) is 0 Å². The molecule has 0 amide bonds. The third kappa shape index (κ3) is 2.10. The number of rotatable bonds is 3. The molecule has 5 heteroatoms. The Kier molecular flexibility index (Phi) is 1.81. The van der Waals surface area contributed by atoms with E-state index in [-0.39, 0.29) is 12.5 Å². The van der Waals surface area contributed by atoms with Crippen molar-refractivity contribution in [3.8, 4) is 0 Å². The van der Waals surface area contributed by atoms with E-state index in [4.69, 9.17) is 10.6 Å². The van der Waals surface area contributed by atoms with Crippen LogP contribution in [0.15, 0.2) is 11.8 Å². The highest BCUT2D eigenvalue weighted by molar-refractivity contribution is 7.32. The molecule has 0 aromatic carbocycles. The zero-order valence-corrected chi connectivity index (χ0v) is 5.54. The van der Waals surface area contributed by atoms with E-state index in [1.165, 1.54) is 0 Å². The smallest absolute Gasteiger partial charge is 0.402 e. The zero-order chi connectivity index (χ0) is 6.85. The largest absolute Gasteiger partial charge is 0.694 e. The minimum absolute atomic E-state index is 0.107. The third-order valence-electron chi connectivity index (χ3n) is 1.08. The second-order valence-corrected chi connectivity index (χ2v) is 2.54. The second kappa shape index (κ2) is 2.43. The summed E-state index contributed by atoms with van der Waals surface area (Å²) >= 11 is 0. The fourth-order valence-corrected chi connectivity index (χ4v) is 0.761. The van der Waals surface area contributed by atoms with Crippen LogP contribution in [-0.2, 0) is 9.09 Å². The maximum absolute atomic E-state index is 9.90. The quantitative estimate of drug-likeness (QED) is 0.557. The van der Waals surface area contributed by atoms with Crippen LogP contribution in [0.4, 0.5) is 0 Å². The Labute approximate surface area is 53.3 Å². The van der Waals surface area contributed by atoms with Crippen molar-refractivity contribution in [1.29, 1.82) is 0 Å². The lowest BCUT2D eigenvalue weighted by Crippen LogP contribution is -1.97. The summed E-state index contributed by atoms with van der Waals surface area (Å²) in [6.07, 6.45) is 1.78. The molecule has 0 fully saturated rings. The molecule has 9 heavy (non-hydrogen) atoms. The molecule has 0 aliphatic heterocycles. The number of hydrogen-bond donors (Lipinski definition) is 2. The van der Waals surface area contributed by atoms with Crippen LogP contribution in [0, 0.1) is 5.92 Å². The van der Waals surface area contributed by atoms with Crippen molar-refractivity contribution in [1.82, 2.24) is 0 Å². The van der Waals surface area contributed by atoms with Crippen molar-refractivity contribution < 1.29 is 14.0 Å². The van der Waals surface area contributed by atoms with E-state index >= 15 is 0 Å². The fourth-order valence-electron chi connectivity index (χ4n) is 0.473. The fraction of sp³-hybridized carbons (Fsp3) is 0.500. The van der Waals surface area contributed by atoms with Crippen molar-refractivity contribution in [2.24, 2.45) is 11.7 Å². The Morgan fingerprint density at radius 2 is 2.56 bits per heavy atom. The standard InChI is InChI=1S/C4H6NO3P/c5-4-1-3(4)2-8-9(6)7/h1,3H,2,5H2/p+1. The molecule has 0 bridgehead atoms. The molecular weight excluding hydrogens is 141 g/mol. The van der Waals surface area contributed by atoms with Gasteiger partial charge in [0.15, 0.2) is 0 Å². The normalized spacial score (nSPS) is 25.2. The zero-order valence-electron chi connectivity index (χ0n) is 4.65. The van der Waals surface area contributed by atoms with Gasteiger partial charge in [-0.1, -0.05) is 6.08 Å². The van der Waals surface area contributed by atoms with Gasteiger partial charge in [0.2, 0.25) is 0 Å². The maximum Gasteiger partial charge on any atom is 0.694 e. The molecule has 0 spiro atoms. The van der Waals surface area contributed by atoms with Crippen LogP contribution in [0.25, 0.3) is 0 Å². The lowest BCUT2D eigenvalue weighted by molar-refractivity contribution is 0.274. The summed E-state index contributed by atoms with van der Waals surface area (Å²) in [7, 11) is -2.45. The Hall–Kier alpha value is -0.440. The molecule has 1 aliphatic carbocycles. The monoisotopic (exact) mass is 148 g/mol. The number of hydrogen-bond acceptors (Lipinski definition) is 3. The van der Waals surface area contributed by atoms with Gasteiger partial charge in [0.1, 0.15) is 6.61 Å². The van der Waals surface area contributed by atoms with Crippen LogP contribution < -0.4 is 5.73 Å². The molecule has 3 N–H and O–H groups in total. The van der Waals surface area contributed by atoms with Gasteiger partial charge in [-0.25, -0.2) is 0 Å². The minimum atomic E-state index is -2.45. The van der Waals surface area contributed by atoms with Crippen LogP contribution >= 0.6 is 8.25 Å². The second-order valence-electron chi connectivity index (χ2n) is 1.81. The summed E-state index contributed by atoms with van der Waals surface area (Å²) in [5, 5.41) is 0. The van der Waals surface area contributed by atoms with E-state index in [0.29, 0.717) is 0 Å². The van der Waals surface area contributed by atoms with Crippen LogP contribution in [0.2, 0.25) is 0 Å². The van der Waals surface area contributed by atoms with Gasteiger partial charge in [0, 0.05) is 16.2 Å². The highest BCUT2D eigenvalue weighted by atomic mass is 31.1. The molecule has 50 valence electrons. The van der Waals surface area contributed by atoms with Crippen LogP contribution in [-0.4, -0.2) is 11.5 Å². The topological polar surface area (TPSA) is 72.5 Å².